The van der Waals surface area contributed by atoms with Crippen LogP contribution in [0, 0.1) is 0 Å². The van der Waals surface area contributed by atoms with Gasteiger partial charge in [0.2, 0.25) is 5.88 Å². The molecule has 0 fully saturated rings. The van der Waals surface area contributed by atoms with E-state index >= 15 is 0 Å². The molecule has 0 saturated carbocycles. The van der Waals surface area contributed by atoms with E-state index in [2.05, 4.69) is 37.4 Å². The van der Waals surface area contributed by atoms with Gasteiger partial charge in [-0.3, -0.25) is 4.99 Å². The van der Waals surface area contributed by atoms with E-state index in [4.69, 9.17) is 4.74 Å². The lowest BCUT2D eigenvalue weighted by molar-refractivity contribution is 0.322. The van der Waals surface area contributed by atoms with Crippen molar-refractivity contribution in [2.75, 3.05) is 20.7 Å². The summed E-state index contributed by atoms with van der Waals surface area (Å²) in [4.78, 5) is 18.5. The number of guanidine groups is 1. The maximum absolute atomic E-state index is 5.58. The Kier molecular flexibility index (Phi) is 8.91. The van der Waals surface area contributed by atoms with Crippen LogP contribution in [0.25, 0.3) is 11.3 Å². The average molecular weight is 506 g/mol. The molecule has 0 atom stereocenters. The molecule has 0 unspecified atom stereocenters. The Hall–Kier alpha value is -2.62. The zero-order valence-electron chi connectivity index (χ0n) is 16.9. The predicted molar refractivity (Wildman–Crippen MR) is 127 cm³/mol. The number of nitrogens with zero attached hydrogens (tertiary/aromatic N) is 4. The van der Waals surface area contributed by atoms with Crippen LogP contribution in [0.15, 0.2) is 59.9 Å². The molecular formula is C21H27IN6O. The van der Waals surface area contributed by atoms with Crippen LogP contribution in [0.1, 0.15) is 18.3 Å². The van der Waals surface area contributed by atoms with Crippen LogP contribution in [-0.2, 0) is 13.1 Å². The maximum Gasteiger partial charge on any atom is 0.218 e. The van der Waals surface area contributed by atoms with Crippen LogP contribution < -0.4 is 10.1 Å². The molecule has 2 N–H and O–H groups in total. The summed E-state index contributed by atoms with van der Waals surface area (Å²) in [5.74, 6) is 2.29. The molecule has 3 rings (SSSR count). The summed E-state index contributed by atoms with van der Waals surface area (Å²) in [5, 5.41) is 3.36. The second kappa shape index (κ2) is 11.4. The van der Waals surface area contributed by atoms with Crippen LogP contribution in [0.4, 0.5) is 0 Å². The van der Waals surface area contributed by atoms with Gasteiger partial charge in [-0.2, -0.15) is 0 Å². The van der Waals surface area contributed by atoms with Crippen molar-refractivity contribution in [1.82, 2.24) is 25.2 Å². The van der Waals surface area contributed by atoms with Gasteiger partial charge in [-0.05, 0) is 18.6 Å². The number of H-pyrrole nitrogens is 1. The number of imidazole rings is 1. The molecule has 0 aliphatic rings. The lowest BCUT2D eigenvalue weighted by atomic mass is 10.2. The molecule has 8 heteroatoms. The van der Waals surface area contributed by atoms with Crippen molar-refractivity contribution >= 4 is 29.9 Å². The first-order chi connectivity index (χ1) is 13.7. The van der Waals surface area contributed by atoms with Crippen molar-refractivity contribution in [2.45, 2.75) is 20.0 Å². The van der Waals surface area contributed by atoms with Crippen LogP contribution in [0.3, 0.4) is 0 Å². The Balaban J connectivity index is 0.00000300. The van der Waals surface area contributed by atoms with Crippen LogP contribution in [0.2, 0.25) is 0 Å². The summed E-state index contributed by atoms with van der Waals surface area (Å²) in [6, 6.07) is 14.1. The Bertz CT molecular complexity index is 912. The van der Waals surface area contributed by atoms with Gasteiger partial charge in [-0.25, -0.2) is 9.97 Å². The molecule has 2 heterocycles. The number of pyridine rings is 1. The SMILES string of the molecule is CCOc1ncccc1CNC(=NC)N(C)Cc1ncc(-c2ccccc2)[nH]1.I. The molecular weight excluding hydrogens is 479 g/mol. The van der Waals surface area contributed by atoms with Gasteiger partial charge in [0.15, 0.2) is 5.96 Å². The molecule has 1 aromatic carbocycles. The van der Waals surface area contributed by atoms with Crippen molar-refractivity contribution in [3.63, 3.8) is 0 Å². The Morgan fingerprint density at radius 2 is 1.97 bits per heavy atom. The summed E-state index contributed by atoms with van der Waals surface area (Å²) in [7, 11) is 3.75. The number of hydrogen-bond donors (Lipinski definition) is 2. The van der Waals surface area contributed by atoms with Crippen molar-refractivity contribution in [3.05, 3.63) is 66.2 Å². The molecule has 0 radical (unpaired) electrons. The van der Waals surface area contributed by atoms with Gasteiger partial charge in [0, 0.05) is 32.4 Å². The van der Waals surface area contributed by atoms with Gasteiger partial charge < -0.3 is 19.9 Å². The highest BCUT2D eigenvalue weighted by Gasteiger charge is 2.11. The molecule has 0 spiro atoms. The van der Waals surface area contributed by atoms with Gasteiger partial charge in [0.1, 0.15) is 5.82 Å². The smallest absolute Gasteiger partial charge is 0.218 e. The fourth-order valence-corrected chi connectivity index (χ4v) is 2.89. The highest BCUT2D eigenvalue weighted by atomic mass is 127. The molecule has 0 bridgehead atoms. The second-order valence-corrected chi connectivity index (χ2v) is 6.27. The molecule has 0 saturated heterocycles. The first-order valence-electron chi connectivity index (χ1n) is 9.29. The first-order valence-corrected chi connectivity index (χ1v) is 9.29. The molecule has 3 aromatic rings. The zero-order valence-corrected chi connectivity index (χ0v) is 19.3. The van der Waals surface area contributed by atoms with E-state index in [1.165, 1.54) is 0 Å². The minimum Gasteiger partial charge on any atom is -0.478 e. The van der Waals surface area contributed by atoms with Crippen molar-refractivity contribution in [1.29, 1.82) is 0 Å². The van der Waals surface area contributed by atoms with Gasteiger partial charge >= 0.3 is 0 Å². The third kappa shape index (κ3) is 6.18. The van der Waals surface area contributed by atoms with Crippen molar-refractivity contribution < 1.29 is 4.74 Å². The van der Waals surface area contributed by atoms with E-state index < -0.39 is 0 Å². The number of aliphatic imine (C=N–C) groups is 1. The van der Waals surface area contributed by atoms with Gasteiger partial charge in [-0.1, -0.05) is 36.4 Å². The highest BCUT2D eigenvalue weighted by molar-refractivity contribution is 14.0. The van der Waals surface area contributed by atoms with E-state index in [0.717, 1.165) is 28.6 Å². The fourth-order valence-electron chi connectivity index (χ4n) is 2.89. The lowest BCUT2D eigenvalue weighted by Gasteiger charge is -2.21. The number of benzene rings is 1. The molecule has 2 aromatic heterocycles. The molecule has 0 amide bonds. The molecule has 154 valence electrons. The van der Waals surface area contributed by atoms with E-state index in [1.807, 2.05) is 55.4 Å². The number of hydrogen-bond acceptors (Lipinski definition) is 4. The van der Waals surface area contributed by atoms with Crippen molar-refractivity contribution in [2.24, 2.45) is 4.99 Å². The van der Waals surface area contributed by atoms with Gasteiger partial charge in [0.05, 0.1) is 25.0 Å². The molecule has 7 nitrogen and oxygen atoms in total. The minimum atomic E-state index is 0. The quantitative estimate of drug-likeness (QED) is 0.291. The minimum absolute atomic E-state index is 0. The number of aromatic amines is 1. The zero-order chi connectivity index (χ0) is 19.8. The van der Waals surface area contributed by atoms with Crippen LogP contribution >= 0.6 is 24.0 Å². The Labute approximate surface area is 188 Å². The third-order valence-corrected chi connectivity index (χ3v) is 4.24. The van der Waals surface area contributed by atoms with Gasteiger partial charge in [0.25, 0.3) is 0 Å². The summed E-state index contributed by atoms with van der Waals surface area (Å²) < 4.78 is 5.58. The first kappa shape index (κ1) is 22.7. The van der Waals surface area contributed by atoms with Gasteiger partial charge in [-0.15, -0.1) is 24.0 Å². The van der Waals surface area contributed by atoms with Crippen LogP contribution in [0.5, 0.6) is 5.88 Å². The number of nitrogens with one attached hydrogen (secondary N) is 2. The highest BCUT2D eigenvalue weighted by Crippen LogP contribution is 2.17. The molecule has 0 aliphatic carbocycles. The Morgan fingerprint density at radius 3 is 2.69 bits per heavy atom. The normalized spacial score (nSPS) is 10.9. The second-order valence-electron chi connectivity index (χ2n) is 6.27. The van der Waals surface area contributed by atoms with E-state index in [-0.39, 0.29) is 24.0 Å². The summed E-state index contributed by atoms with van der Waals surface area (Å²) >= 11 is 0. The largest absolute Gasteiger partial charge is 0.478 e. The number of rotatable bonds is 7. The maximum atomic E-state index is 5.58. The topological polar surface area (TPSA) is 78.4 Å². The monoisotopic (exact) mass is 506 g/mol. The summed E-state index contributed by atoms with van der Waals surface area (Å²) in [6.45, 7) is 3.72. The van der Waals surface area contributed by atoms with E-state index in [0.29, 0.717) is 25.6 Å². The number of ether oxygens (including phenoxy) is 1. The van der Waals surface area contributed by atoms with Crippen LogP contribution in [-0.4, -0.2) is 46.5 Å². The molecule has 0 aliphatic heterocycles. The van der Waals surface area contributed by atoms with Crippen molar-refractivity contribution in [3.8, 4) is 17.1 Å². The fraction of sp³-hybridized carbons (Fsp3) is 0.286. The average Bonchev–Trinajstić information content (AvgIpc) is 3.19. The molecule has 29 heavy (non-hydrogen) atoms. The lowest BCUT2D eigenvalue weighted by Crippen LogP contribution is -2.38. The Morgan fingerprint density at radius 1 is 1.17 bits per heavy atom. The third-order valence-electron chi connectivity index (χ3n) is 4.24. The van der Waals surface area contributed by atoms with E-state index in [9.17, 15) is 0 Å². The number of aromatic nitrogens is 3. The standard InChI is InChI=1S/C21H26N6O.HI/c1-4-28-20-17(11-8-12-23-20)13-25-21(22-2)27(3)15-19-24-14-18(26-19)16-9-6-5-7-10-16;/h5-12,14H,4,13,15H2,1-3H3,(H,22,25)(H,24,26);1H. The summed E-state index contributed by atoms with van der Waals surface area (Å²) in [5.41, 5.74) is 3.11. The summed E-state index contributed by atoms with van der Waals surface area (Å²) in [6.07, 6.45) is 3.59. The van der Waals surface area contributed by atoms with E-state index in [1.54, 1.807) is 13.2 Å². The number of halogens is 1. The predicted octanol–water partition coefficient (Wildman–Crippen LogP) is 3.70.